The van der Waals surface area contributed by atoms with E-state index in [9.17, 15) is 4.79 Å². The summed E-state index contributed by atoms with van der Waals surface area (Å²) in [6.45, 7) is 0.177. The molecule has 0 bridgehead atoms. The molecule has 0 aliphatic carbocycles. The zero-order chi connectivity index (χ0) is 18.5. The monoisotopic (exact) mass is 372 g/mol. The topological polar surface area (TPSA) is 78.3 Å². The van der Waals surface area contributed by atoms with E-state index in [-0.39, 0.29) is 12.3 Å². The maximum Gasteiger partial charge on any atom is 0.278 e. The lowest BCUT2D eigenvalue weighted by molar-refractivity contribution is 0.101. The molecule has 0 saturated carbocycles. The van der Waals surface area contributed by atoms with Crippen molar-refractivity contribution in [3.63, 3.8) is 0 Å². The summed E-state index contributed by atoms with van der Waals surface area (Å²) < 4.78 is 12.0. The van der Waals surface area contributed by atoms with E-state index in [1.54, 1.807) is 30.0 Å². The van der Waals surface area contributed by atoms with E-state index < -0.39 is 5.91 Å². The first-order valence-corrected chi connectivity index (χ1v) is 8.15. The molecule has 0 spiro atoms. The largest absolute Gasteiger partial charge is 0.497 e. The number of carbonyl (C=O) groups is 1. The molecule has 0 aliphatic rings. The molecule has 0 radical (unpaired) electrons. The van der Waals surface area contributed by atoms with Gasteiger partial charge in [-0.3, -0.25) is 4.79 Å². The summed E-state index contributed by atoms with van der Waals surface area (Å²) in [6, 6.07) is 14.4. The lowest BCUT2D eigenvalue weighted by Crippen LogP contribution is -2.16. The van der Waals surface area contributed by atoms with E-state index >= 15 is 0 Å². The van der Waals surface area contributed by atoms with Gasteiger partial charge < -0.3 is 14.8 Å². The minimum atomic E-state index is -0.436. The molecule has 0 unspecified atom stereocenters. The fourth-order valence-electron chi connectivity index (χ4n) is 2.43. The van der Waals surface area contributed by atoms with Crippen molar-refractivity contribution < 1.29 is 14.3 Å². The van der Waals surface area contributed by atoms with Gasteiger partial charge in [-0.25, -0.2) is 4.68 Å². The Hall–Kier alpha value is -2.90. The molecule has 0 saturated heterocycles. The molecule has 3 rings (SSSR count). The Morgan fingerprint density at radius 2 is 1.96 bits per heavy atom. The number of rotatable bonds is 6. The van der Waals surface area contributed by atoms with Gasteiger partial charge in [0.05, 0.1) is 30.1 Å². The van der Waals surface area contributed by atoms with Crippen molar-refractivity contribution >= 4 is 23.2 Å². The molecule has 1 amide bonds. The first kappa shape index (κ1) is 17.9. The summed E-state index contributed by atoms with van der Waals surface area (Å²) >= 11 is 6.15. The highest BCUT2D eigenvalue weighted by Crippen LogP contribution is 2.27. The van der Waals surface area contributed by atoms with E-state index in [1.807, 2.05) is 30.3 Å². The van der Waals surface area contributed by atoms with E-state index in [1.165, 1.54) is 7.11 Å². The minimum absolute atomic E-state index is 0.162. The van der Waals surface area contributed by atoms with Crippen LogP contribution in [-0.2, 0) is 11.3 Å². The van der Waals surface area contributed by atoms with Crippen molar-refractivity contribution in [2.24, 2.45) is 0 Å². The van der Waals surface area contributed by atoms with E-state index in [4.69, 9.17) is 21.1 Å². The summed E-state index contributed by atoms with van der Waals surface area (Å²) in [5, 5.41) is 11.3. The van der Waals surface area contributed by atoms with Crippen LogP contribution in [0.25, 0.3) is 5.69 Å². The molecule has 7 nitrogen and oxygen atoms in total. The molecule has 1 heterocycles. The first-order valence-electron chi connectivity index (χ1n) is 7.78. The van der Waals surface area contributed by atoms with Crippen LogP contribution in [0, 0.1) is 0 Å². The number of amides is 1. The lowest BCUT2D eigenvalue weighted by atomic mass is 10.2. The summed E-state index contributed by atoms with van der Waals surface area (Å²) in [5.74, 6) is 0.143. The molecule has 134 valence electrons. The van der Waals surface area contributed by atoms with Crippen LogP contribution in [0.4, 0.5) is 5.69 Å². The fraction of sp³-hybridized carbons (Fsp3) is 0.167. The van der Waals surface area contributed by atoms with Gasteiger partial charge in [0.2, 0.25) is 0 Å². The molecule has 3 aromatic rings. The standard InChI is InChI=1S/C18H17ClN4O3/c1-25-11-16-17(21-22-23(16)12-6-4-3-5-7-12)18(24)20-15-10-13(26-2)8-9-14(15)19/h3-10H,11H2,1-2H3,(H,20,24). The number of nitrogens with zero attached hydrogens (tertiary/aromatic N) is 3. The predicted molar refractivity (Wildman–Crippen MR) is 98.0 cm³/mol. The van der Waals surface area contributed by atoms with Crippen LogP contribution in [0.15, 0.2) is 48.5 Å². The molecule has 1 N–H and O–H groups in total. The highest BCUT2D eigenvalue weighted by Gasteiger charge is 2.21. The van der Waals surface area contributed by atoms with Crippen molar-refractivity contribution in [3.8, 4) is 11.4 Å². The second kappa shape index (κ2) is 7.99. The number of hydrogen-bond donors (Lipinski definition) is 1. The predicted octanol–water partition coefficient (Wildman–Crippen LogP) is 3.33. The Bertz CT molecular complexity index is 912. The third kappa shape index (κ3) is 3.68. The number of para-hydroxylation sites is 1. The van der Waals surface area contributed by atoms with Crippen molar-refractivity contribution in [2.75, 3.05) is 19.5 Å². The average Bonchev–Trinajstić information content (AvgIpc) is 3.08. The number of hydrogen-bond acceptors (Lipinski definition) is 5. The Morgan fingerprint density at radius 1 is 1.19 bits per heavy atom. The van der Waals surface area contributed by atoms with Gasteiger partial charge in [-0.05, 0) is 24.3 Å². The molecule has 2 aromatic carbocycles. The Kier molecular flexibility index (Phi) is 5.50. The maximum absolute atomic E-state index is 12.7. The Balaban J connectivity index is 1.94. The van der Waals surface area contributed by atoms with Gasteiger partial charge in [-0.2, -0.15) is 0 Å². The molecular formula is C18H17ClN4O3. The van der Waals surface area contributed by atoms with Gasteiger partial charge >= 0.3 is 0 Å². The maximum atomic E-state index is 12.7. The quantitative estimate of drug-likeness (QED) is 0.718. The van der Waals surface area contributed by atoms with Gasteiger partial charge in [-0.15, -0.1) is 5.10 Å². The molecule has 1 aromatic heterocycles. The van der Waals surface area contributed by atoms with Crippen molar-refractivity contribution in [2.45, 2.75) is 6.61 Å². The average molecular weight is 373 g/mol. The van der Waals surface area contributed by atoms with Crippen LogP contribution in [0.3, 0.4) is 0 Å². The summed E-state index contributed by atoms with van der Waals surface area (Å²) in [4.78, 5) is 12.7. The SMILES string of the molecule is COCc1c(C(=O)Nc2cc(OC)ccc2Cl)nnn1-c1ccccc1. The van der Waals surface area contributed by atoms with Gasteiger partial charge in [0.1, 0.15) is 11.4 Å². The van der Waals surface area contributed by atoms with Crippen LogP contribution in [0.2, 0.25) is 5.02 Å². The Morgan fingerprint density at radius 3 is 2.65 bits per heavy atom. The summed E-state index contributed by atoms with van der Waals surface area (Å²) in [7, 11) is 3.08. The number of benzene rings is 2. The molecule has 0 atom stereocenters. The summed E-state index contributed by atoms with van der Waals surface area (Å²) in [5.41, 5.74) is 1.91. The van der Waals surface area contributed by atoms with E-state index in [0.29, 0.717) is 22.2 Å². The number of nitrogens with one attached hydrogen (secondary N) is 1. The first-order chi connectivity index (χ1) is 12.6. The number of ether oxygens (including phenoxy) is 2. The third-order valence-corrected chi connectivity index (χ3v) is 4.01. The number of aromatic nitrogens is 3. The van der Waals surface area contributed by atoms with Crippen LogP contribution in [0.5, 0.6) is 5.75 Å². The number of halogens is 1. The molecule has 8 heteroatoms. The Labute approximate surface area is 155 Å². The molecule has 0 aliphatic heterocycles. The molecule has 0 fully saturated rings. The van der Waals surface area contributed by atoms with E-state index in [2.05, 4.69) is 15.6 Å². The molecular weight excluding hydrogens is 356 g/mol. The second-order valence-electron chi connectivity index (χ2n) is 5.37. The van der Waals surface area contributed by atoms with Gasteiger partial charge in [-0.1, -0.05) is 35.0 Å². The van der Waals surface area contributed by atoms with Crippen molar-refractivity contribution in [1.29, 1.82) is 0 Å². The highest BCUT2D eigenvalue weighted by atomic mass is 35.5. The zero-order valence-electron chi connectivity index (χ0n) is 14.3. The third-order valence-electron chi connectivity index (χ3n) is 3.68. The van der Waals surface area contributed by atoms with Crippen LogP contribution < -0.4 is 10.1 Å². The van der Waals surface area contributed by atoms with Crippen LogP contribution in [-0.4, -0.2) is 35.1 Å². The normalized spacial score (nSPS) is 10.6. The highest BCUT2D eigenvalue weighted by molar-refractivity contribution is 6.34. The number of carbonyl (C=O) groups excluding carboxylic acids is 1. The molecule has 26 heavy (non-hydrogen) atoms. The summed E-state index contributed by atoms with van der Waals surface area (Å²) in [6.07, 6.45) is 0. The number of anilines is 1. The van der Waals surface area contributed by atoms with Crippen molar-refractivity contribution in [3.05, 3.63) is 64.9 Å². The second-order valence-corrected chi connectivity index (χ2v) is 5.77. The number of methoxy groups -OCH3 is 2. The van der Waals surface area contributed by atoms with Crippen molar-refractivity contribution in [1.82, 2.24) is 15.0 Å². The van der Waals surface area contributed by atoms with Gasteiger partial charge in [0.15, 0.2) is 5.69 Å². The zero-order valence-corrected chi connectivity index (χ0v) is 15.0. The van der Waals surface area contributed by atoms with E-state index in [0.717, 1.165) is 5.69 Å². The smallest absolute Gasteiger partial charge is 0.278 e. The fourth-order valence-corrected chi connectivity index (χ4v) is 2.59. The lowest BCUT2D eigenvalue weighted by Gasteiger charge is -2.10. The minimum Gasteiger partial charge on any atom is -0.497 e. The van der Waals surface area contributed by atoms with Gasteiger partial charge in [0.25, 0.3) is 5.91 Å². The van der Waals surface area contributed by atoms with Crippen LogP contribution in [0.1, 0.15) is 16.2 Å². The van der Waals surface area contributed by atoms with Gasteiger partial charge in [0, 0.05) is 13.2 Å². The van der Waals surface area contributed by atoms with Crippen LogP contribution >= 0.6 is 11.6 Å².